The van der Waals surface area contributed by atoms with E-state index in [1.165, 1.54) is 17.8 Å². The molecule has 1 N–H and O–H groups in total. The van der Waals surface area contributed by atoms with E-state index in [4.69, 9.17) is 0 Å². The molecule has 1 aromatic heterocycles. The number of hydrogen-bond acceptors (Lipinski definition) is 3. The second-order valence-electron chi connectivity index (χ2n) is 6.33. The van der Waals surface area contributed by atoms with Gasteiger partial charge in [-0.05, 0) is 43.1 Å². The average Bonchev–Trinajstić information content (AvgIpc) is 2.79. The first-order valence-corrected chi connectivity index (χ1v) is 8.15. The standard InChI is InChI=1S/C17H20F2N4.2ClH/c18-16-2-3-17(19)15-11-22(7-4-14(15)16)10-12-8-13-9-20-5-1-6-23(13)21-12;;/h2-3,8,20H,1,4-7,9-11H2;2*1H. The molecule has 3 heterocycles. The van der Waals surface area contributed by atoms with Crippen LogP contribution in [0.3, 0.4) is 0 Å². The van der Waals surface area contributed by atoms with Gasteiger partial charge in [0.2, 0.25) is 0 Å². The lowest BCUT2D eigenvalue weighted by Crippen LogP contribution is -2.31. The van der Waals surface area contributed by atoms with Crippen LogP contribution in [0.4, 0.5) is 8.78 Å². The largest absolute Gasteiger partial charge is 0.311 e. The second kappa shape index (κ2) is 8.45. The summed E-state index contributed by atoms with van der Waals surface area (Å²) in [5.41, 5.74) is 3.24. The summed E-state index contributed by atoms with van der Waals surface area (Å²) in [5.74, 6) is -0.600. The molecule has 8 heteroatoms. The molecule has 4 rings (SSSR count). The third kappa shape index (κ3) is 4.14. The predicted molar refractivity (Wildman–Crippen MR) is 97.2 cm³/mol. The first kappa shape index (κ1) is 20.1. The van der Waals surface area contributed by atoms with Crippen molar-refractivity contribution in [1.29, 1.82) is 0 Å². The van der Waals surface area contributed by atoms with Crippen molar-refractivity contribution in [2.24, 2.45) is 0 Å². The van der Waals surface area contributed by atoms with E-state index < -0.39 is 0 Å². The third-order valence-corrected chi connectivity index (χ3v) is 4.71. The van der Waals surface area contributed by atoms with Gasteiger partial charge in [-0.3, -0.25) is 9.58 Å². The molecule has 0 saturated heterocycles. The van der Waals surface area contributed by atoms with Crippen LogP contribution in [0.2, 0.25) is 0 Å². The predicted octanol–water partition coefficient (Wildman–Crippen LogP) is 3.06. The highest BCUT2D eigenvalue weighted by Crippen LogP contribution is 2.25. The summed E-state index contributed by atoms with van der Waals surface area (Å²) in [6.07, 6.45) is 1.63. The molecule has 0 fully saturated rings. The van der Waals surface area contributed by atoms with Crippen molar-refractivity contribution < 1.29 is 8.78 Å². The molecule has 0 radical (unpaired) electrons. The van der Waals surface area contributed by atoms with Gasteiger partial charge in [0.05, 0.1) is 11.4 Å². The molecule has 0 spiro atoms. The molecule has 1 aromatic carbocycles. The van der Waals surface area contributed by atoms with Crippen LogP contribution in [0.25, 0.3) is 0 Å². The van der Waals surface area contributed by atoms with E-state index in [-0.39, 0.29) is 36.4 Å². The SMILES string of the molecule is Cl.Cl.Fc1ccc(F)c2c1CCN(Cc1cc3n(n1)CCCNC3)C2. The maximum atomic E-state index is 14.0. The summed E-state index contributed by atoms with van der Waals surface area (Å²) < 4.78 is 29.8. The lowest BCUT2D eigenvalue weighted by molar-refractivity contribution is 0.234. The fourth-order valence-corrected chi connectivity index (χ4v) is 3.51. The first-order valence-electron chi connectivity index (χ1n) is 8.15. The van der Waals surface area contributed by atoms with Crippen molar-refractivity contribution in [1.82, 2.24) is 20.0 Å². The zero-order chi connectivity index (χ0) is 15.8. The molecule has 0 atom stereocenters. The monoisotopic (exact) mass is 390 g/mol. The normalized spacial score (nSPS) is 16.9. The van der Waals surface area contributed by atoms with Gasteiger partial charge in [0.25, 0.3) is 0 Å². The fraction of sp³-hybridized carbons (Fsp3) is 0.471. The van der Waals surface area contributed by atoms with Gasteiger partial charge < -0.3 is 5.32 Å². The van der Waals surface area contributed by atoms with Crippen LogP contribution < -0.4 is 5.32 Å². The topological polar surface area (TPSA) is 33.1 Å². The van der Waals surface area contributed by atoms with Gasteiger partial charge in [-0.1, -0.05) is 0 Å². The number of aromatic nitrogens is 2. The Kier molecular flexibility index (Phi) is 6.79. The van der Waals surface area contributed by atoms with E-state index in [2.05, 4.69) is 26.1 Å². The van der Waals surface area contributed by atoms with Crippen LogP contribution in [0.5, 0.6) is 0 Å². The molecule has 0 unspecified atom stereocenters. The van der Waals surface area contributed by atoms with Crippen LogP contribution in [-0.2, 0) is 32.6 Å². The molecule has 25 heavy (non-hydrogen) atoms. The number of aryl methyl sites for hydroxylation is 1. The quantitative estimate of drug-likeness (QED) is 0.855. The lowest BCUT2D eigenvalue weighted by atomic mass is 9.98. The molecule has 138 valence electrons. The van der Waals surface area contributed by atoms with E-state index in [1.54, 1.807) is 0 Å². The number of fused-ring (bicyclic) bond motifs is 2. The Hall–Kier alpha value is -1.21. The number of nitrogens with one attached hydrogen (secondary N) is 1. The Balaban J connectivity index is 0.00000113. The minimum absolute atomic E-state index is 0. The van der Waals surface area contributed by atoms with Crippen molar-refractivity contribution in [3.05, 3.63) is 52.3 Å². The maximum Gasteiger partial charge on any atom is 0.128 e. The maximum absolute atomic E-state index is 14.0. The first-order chi connectivity index (χ1) is 11.2. The molecule has 2 aliphatic rings. The van der Waals surface area contributed by atoms with Crippen molar-refractivity contribution in [3.8, 4) is 0 Å². The summed E-state index contributed by atoms with van der Waals surface area (Å²) in [6.45, 7) is 4.65. The van der Waals surface area contributed by atoms with E-state index in [0.717, 1.165) is 38.3 Å². The Morgan fingerprint density at radius 1 is 1.08 bits per heavy atom. The number of hydrogen-bond donors (Lipinski definition) is 1. The van der Waals surface area contributed by atoms with Crippen LogP contribution in [-0.4, -0.2) is 27.8 Å². The van der Waals surface area contributed by atoms with Gasteiger partial charge in [-0.2, -0.15) is 5.10 Å². The number of rotatable bonds is 2. The highest BCUT2D eigenvalue weighted by molar-refractivity contribution is 5.85. The van der Waals surface area contributed by atoms with E-state index >= 15 is 0 Å². The lowest BCUT2D eigenvalue weighted by Gasteiger charge is -2.28. The van der Waals surface area contributed by atoms with Gasteiger partial charge in [-0.25, -0.2) is 8.78 Å². The van der Waals surface area contributed by atoms with Gasteiger partial charge >= 0.3 is 0 Å². The molecule has 0 bridgehead atoms. The average molecular weight is 391 g/mol. The van der Waals surface area contributed by atoms with E-state index in [9.17, 15) is 8.78 Å². The zero-order valence-corrected chi connectivity index (χ0v) is 15.4. The summed E-state index contributed by atoms with van der Waals surface area (Å²) in [4.78, 5) is 2.14. The van der Waals surface area contributed by atoms with Crippen LogP contribution in [0, 0.1) is 11.6 Å². The third-order valence-electron chi connectivity index (χ3n) is 4.71. The minimum atomic E-state index is -0.309. The van der Waals surface area contributed by atoms with Crippen molar-refractivity contribution >= 4 is 24.8 Å². The number of benzene rings is 1. The van der Waals surface area contributed by atoms with Gasteiger partial charge in [0.15, 0.2) is 0 Å². The highest BCUT2D eigenvalue weighted by Gasteiger charge is 2.23. The smallest absolute Gasteiger partial charge is 0.128 e. The van der Waals surface area contributed by atoms with Crippen molar-refractivity contribution in [2.75, 3.05) is 13.1 Å². The molecule has 4 nitrogen and oxygen atoms in total. The van der Waals surface area contributed by atoms with Crippen molar-refractivity contribution in [2.45, 2.75) is 39.0 Å². The molecule has 0 aliphatic carbocycles. The van der Waals surface area contributed by atoms with Crippen molar-refractivity contribution in [3.63, 3.8) is 0 Å². The molecule has 0 amide bonds. The number of nitrogens with zero attached hydrogens (tertiary/aromatic N) is 3. The number of halogens is 4. The molecular formula is C17H22Cl2F2N4. The molecule has 0 saturated carbocycles. The Labute approximate surface area is 158 Å². The highest BCUT2D eigenvalue weighted by atomic mass is 35.5. The van der Waals surface area contributed by atoms with E-state index in [0.29, 0.717) is 30.6 Å². The molecule has 2 aliphatic heterocycles. The zero-order valence-electron chi connectivity index (χ0n) is 13.8. The van der Waals surface area contributed by atoms with Gasteiger partial charge in [-0.15, -0.1) is 24.8 Å². The van der Waals surface area contributed by atoms with Gasteiger partial charge in [0.1, 0.15) is 11.6 Å². The summed E-state index contributed by atoms with van der Waals surface area (Å²) in [5, 5.41) is 8.05. The fourth-order valence-electron chi connectivity index (χ4n) is 3.51. The summed E-state index contributed by atoms with van der Waals surface area (Å²) in [6, 6.07) is 4.57. The molecular weight excluding hydrogens is 369 g/mol. The second-order valence-corrected chi connectivity index (χ2v) is 6.33. The summed E-state index contributed by atoms with van der Waals surface area (Å²) in [7, 11) is 0. The Morgan fingerprint density at radius 3 is 2.64 bits per heavy atom. The Morgan fingerprint density at radius 2 is 1.84 bits per heavy atom. The molecule has 2 aromatic rings. The van der Waals surface area contributed by atoms with E-state index in [1.807, 2.05) is 0 Å². The van der Waals surface area contributed by atoms with Crippen LogP contribution >= 0.6 is 24.8 Å². The van der Waals surface area contributed by atoms with Crippen LogP contribution in [0.1, 0.15) is 28.9 Å². The Bertz CT molecular complexity index is 712. The van der Waals surface area contributed by atoms with Crippen LogP contribution in [0.15, 0.2) is 18.2 Å². The van der Waals surface area contributed by atoms with Gasteiger partial charge in [0, 0.05) is 38.3 Å². The minimum Gasteiger partial charge on any atom is -0.311 e. The summed E-state index contributed by atoms with van der Waals surface area (Å²) >= 11 is 0.